The molecule has 0 atom stereocenters. The number of hydrogen-bond donors (Lipinski definition) is 1. The van der Waals surface area contributed by atoms with Crippen LogP contribution in [0.25, 0.3) is 10.8 Å². The Balaban J connectivity index is 2.20. The Kier molecular flexibility index (Phi) is 5.17. The number of carbonyl (C=O) groups is 1. The van der Waals surface area contributed by atoms with Gasteiger partial charge in [-0.1, -0.05) is 38.1 Å². The summed E-state index contributed by atoms with van der Waals surface area (Å²) in [4.78, 5) is 13.6. The molecule has 0 amide bonds. The molecule has 0 bridgehead atoms. The monoisotopic (exact) mass is 287 g/mol. The molecule has 0 saturated carbocycles. The minimum Gasteiger partial charge on any atom is -0.491 e. The zero-order chi connectivity index (χ0) is 15.2. The highest BCUT2D eigenvalue weighted by atomic mass is 16.5. The van der Waals surface area contributed by atoms with Gasteiger partial charge in [-0.25, -0.2) is 4.79 Å². The fourth-order valence-electron chi connectivity index (χ4n) is 2.33. The molecular weight excluding hydrogens is 266 g/mol. The molecule has 21 heavy (non-hydrogen) atoms. The summed E-state index contributed by atoms with van der Waals surface area (Å²) >= 11 is 0. The van der Waals surface area contributed by atoms with Crippen molar-refractivity contribution in [3.63, 3.8) is 0 Å². The number of hydrogen-bond acceptors (Lipinski definition) is 3. The van der Waals surface area contributed by atoms with Gasteiger partial charge in [0.2, 0.25) is 0 Å². The minimum absolute atomic E-state index is 0.216. The summed E-state index contributed by atoms with van der Waals surface area (Å²) in [6, 6.07) is 11.2. The number of nitrogens with zero attached hydrogens (tertiary/aromatic N) is 1. The van der Waals surface area contributed by atoms with Gasteiger partial charge in [-0.2, -0.15) is 0 Å². The molecule has 2 aromatic carbocycles. The van der Waals surface area contributed by atoms with Gasteiger partial charge in [0.05, 0.1) is 0 Å². The van der Waals surface area contributed by atoms with Gasteiger partial charge in [0.25, 0.3) is 0 Å². The van der Waals surface area contributed by atoms with Crippen LogP contribution in [0.1, 0.15) is 24.2 Å². The van der Waals surface area contributed by atoms with Gasteiger partial charge in [-0.3, -0.25) is 0 Å². The molecule has 2 rings (SSSR count). The van der Waals surface area contributed by atoms with E-state index in [1.165, 1.54) is 0 Å². The first-order valence-corrected chi connectivity index (χ1v) is 7.27. The van der Waals surface area contributed by atoms with Crippen LogP contribution in [0.4, 0.5) is 0 Å². The van der Waals surface area contributed by atoms with Crippen molar-refractivity contribution in [1.82, 2.24) is 4.90 Å². The van der Waals surface area contributed by atoms with Crippen molar-refractivity contribution in [2.24, 2.45) is 0 Å². The van der Waals surface area contributed by atoms with Crippen LogP contribution < -0.4 is 4.74 Å². The van der Waals surface area contributed by atoms with Crippen LogP contribution in [0.15, 0.2) is 36.4 Å². The first-order chi connectivity index (χ1) is 10.2. The summed E-state index contributed by atoms with van der Waals surface area (Å²) < 4.78 is 5.72. The molecule has 0 aliphatic carbocycles. The number of benzene rings is 2. The molecule has 112 valence electrons. The number of likely N-dealkylation sites (N-methyl/N-ethyl adjacent to an activating group) is 1. The van der Waals surface area contributed by atoms with Gasteiger partial charge in [0.1, 0.15) is 17.9 Å². The maximum atomic E-state index is 11.4. The van der Waals surface area contributed by atoms with Gasteiger partial charge in [0.15, 0.2) is 0 Å². The van der Waals surface area contributed by atoms with E-state index in [4.69, 9.17) is 4.74 Å². The van der Waals surface area contributed by atoms with Gasteiger partial charge < -0.3 is 14.7 Å². The topological polar surface area (TPSA) is 49.8 Å². The second-order valence-electron chi connectivity index (χ2n) is 4.88. The van der Waals surface area contributed by atoms with Crippen molar-refractivity contribution < 1.29 is 14.6 Å². The highest BCUT2D eigenvalue weighted by molar-refractivity contribution is 5.97. The van der Waals surface area contributed by atoms with Crippen molar-refractivity contribution in [2.45, 2.75) is 13.8 Å². The van der Waals surface area contributed by atoms with E-state index in [9.17, 15) is 9.90 Å². The summed E-state index contributed by atoms with van der Waals surface area (Å²) in [5.74, 6) is -0.521. The largest absolute Gasteiger partial charge is 0.491 e. The Morgan fingerprint density at radius 3 is 2.33 bits per heavy atom. The van der Waals surface area contributed by atoms with Gasteiger partial charge in [0, 0.05) is 6.54 Å². The van der Waals surface area contributed by atoms with Crippen molar-refractivity contribution in [3.8, 4) is 5.75 Å². The maximum absolute atomic E-state index is 11.4. The second kappa shape index (κ2) is 7.09. The van der Waals surface area contributed by atoms with Crippen LogP contribution in [0, 0.1) is 0 Å². The van der Waals surface area contributed by atoms with Crippen LogP contribution >= 0.6 is 0 Å². The summed E-state index contributed by atoms with van der Waals surface area (Å²) in [5, 5.41) is 11.2. The maximum Gasteiger partial charge on any atom is 0.339 e. The van der Waals surface area contributed by atoms with Gasteiger partial charge in [-0.15, -0.1) is 0 Å². The van der Waals surface area contributed by atoms with Crippen molar-refractivity contribution in [1.29, 1.82) is 0 Å². The third-order valence-electron chi connectivity index (χ3n) is 3.64. The molecule has 4 nitrogen and oxygen atoms in total. The average molecular weight is 287 g/mol. The number of rotatable bonds is 7. The lowest BCUT2D eigenvalue weighted by Crippen LogP contribution is -2.28. The molecule has 0 radical (unpaired) electrons. The number of aromatic carboxylic acids is 1. The number of ether oxygens (including phenoxy) is 1. The van der Waals surface area contributed by atoms with Crippen LogP contribution in [-0.2, 0) is 0 Å². The fraction of sp³-hybridized carbons (Fsp3) is 0.353. The Morgan fingerprint density at radius 2 is 1.76 bits per heavy atom. The van der Waals surface area contributed by atoms with Crippen LogP contribution in [0.3, 0.4) is 0 Å². The van der Waals surface area contributed by atoms with Crippen LogP contribution in [0.2, 0.25) is 0 Å². The smallest absolute Gasteiger partial charge is 0.339 e. The molecule has 0 heterocycles. The lowest BCUT2D eigenvalue weighted by Gasteiger charge is -2.18. The second-order valence-corrected chi connectivity index (χ2v) is 4.88. The Hall–Kier alpha value is -2.07. The third kappa shape index (κ3) is 3.73. The summed E-state index contributed by atoms with van der Waals surface area (Å²) in [6.07, 6.45) is 0. The Morgan fingerprint density at radius 1 is 1.14 bits per heavy atom. The molecule has 0 fully saturated rings. The number of carboxylic acids is 1. The van der Waals surface area contributed by atoms with E-state index in [0.717, 1.165) is 30.4 Å². The van der Waals surface area contributed by atoms with E-state index in [-0.39, 0.29) is 5.56 Å². The number of carboxylic acid groups (broad SMARTS) is 1. The molecule has 0 saturated heterocycles. The molecule has 0 aliphatic rings. The lowest BCUT2D eigenvalue weighted by molar-refractivity contribution is 0.0692. The summed E-state index contributed by atoms with van der Waals surface area (Å²) in [7, 11) is 0. The molecule has 0 unspecified atom stereocenters. The first-order valence-electron chi connectivity index (χ1n) is 7.27. The van der Waals surface area contributed by atoms with E-state index in [1.54, 1.807) is 12.1 Å². The number of fused-ring (bicyclic) bond motifs is 1. The summed E-state index contributed by atoms with van der Waals surface area (Å²) in [6.45, 7) is 7.40. The van der Waals surface area contributed by atoms with Gasteiger partial charge >= 0.3 is 5.97 Å². The van der Waals surface area contributed by atoms with E-state index >= 15 is 0 Å². The highest BCUT2D eigenvalue weighted by Crippen LogP contribution is 2.26. The first kappa shape index (κ1) is 15.3. The van der Waals surface area contributed by atoms with Crippen molar-refractivity contribution in [2.75, 3.05) is 26.2 Å². The molecule has 0 aliphatic heterocycles. The Bertz CT molecular complexity index is 620. The zero-order valence-corrected chi connectivity index (χ0v) is 12.5. The summed E-state index contributed by atoms with van der Waals surface area (Å²) in [5.41, 5.74) is 0.216. The van der Waals surface area contributed by atoms with E-state index < -0.39 is 5.97 Å². The van der Waals surface area contributed by atoms with Crippen molar-refractivity contribution >= 4 is 16.7 Å². The third-order valence-corrected chi connectivity index (χ3v) is 3.64. The molecule has 2 aromatic rings. The predicted octanol–water partition coefficient (Wildman–Crippen LogP) is 3.26. The van der Waals surface area contributed by atoms with E-state index in [1.807, 2.05) is 24.3 Å². The standard InChI is InChI=1S/C17H21NO3/c1-3-18(4-2)9-10-21-16-12-14-8-6-5-7-13(14)11-15(16)17(19)20/h5-8,11-12H,3-4,9-10H2,1-2H3,(H,19,20). The quantitative estimate of drug-likeness (QED) is 0.849. The van der Waals surface area contributed by atoms with Crippen molar-refractivity contribution in [3.05, 3.63) is 42.0 Å². The lowest BCUT2D eigenvalue weighted by atomic mass is 10.1. The molecule has 0 aromatic heterocycles. The fourth-order valence-corrected chi connectivity index (χ4v) is 2.33. The van der Waals surface area contributed by atoms with Crippen LogP contribution in [-0.4, -0.2) is 42.2 Å². The molecular formula is C17H21NO3. The molecule has 1 N–H and O–H groups in total. The Labute approximate surface area is 124 Å². The average Bonchev–Trinajstić information content (AvgIpc) is 2.50. The minimum atomic E-state index is -0.960. The molecule has 0 spiro atoms. The van der Waals surface area contributed by atoms with Crippen LogP contribution in [0.5, 0.6) is 5.75 Å². The van der Waals surface area contributed by atoms with E-state index in [2.05, 4.69) is 18.7 Å². The molecule has 4 heteroatoms. The van der Waals surface area contributed by atoms with E-state index in [0.29, 0.717) is 12.4 Å². The zero-order valence-electron chi connectivity index (χ0n) is 12.5. The normalized spacial score (nSPS) is 11.0. The van der Waals surface area contributed by atoms with Gasteiger partial charge in [-0.05, 0) is 36.0 Å². The SMILES string of the molecule is CCN(CC)CCOc1cc2ccccc2cc1C(=O)O. The predicted molar refractivity (Wildman–Crippen MR) is 84.2 cm³/mol. The highest BCUT2D eigenvalue weighted by Gasteiger charge is 2.13.